The zero-order chi connectivity index (χ0) is 11.7. The summed E-state index contributed by atoms with van der Waals surface area (Å²) < 4.78 is 1.67. The van der Waals surface area contributed by atoms with Gasteiger partial charge in [0.15, 0.2) is 0 Å². The molecule has 82 valence electrons. The summed E-state index contributed by atoms with van der Waals surface area (Å²) in [4.78, 5) is 11.4. The minimum Gasteiger partial charge on any atom is -0.365 e. The maximum atomic E-state index is 11.4. The molecule has 0 saturated heterocycles. The molecular weight excluding hydrogens is 202 g/mol. The van der Waals surface area contributed by atoms with Crippen LogP contribution in [-0.4, -0.2) is 15.7 Å². The molecule has 0 aliphatic rings. The molecular formula is C12H13N3O. The van der Waals surface area contributed by atoms with Crippen LogP contribution in [0.15, 0.2) is 30.3 Å². The number of carbonyl (C=O) groups excluding carboxylic acids is 1. The molecule has 0 bridgehead atoms. The van der Waals surface area contributed by atoms with Crippen LogP contribution in [0.1, 0.15) is 16.1 Å². The van der Waals surface area contributed by atoms with E-state index in [4.69, 9.17) is 5.73 Å². The summed E-state index contributed by atoms with van der Waals surface area (Å²) in [5.41, 5.74) is 8.20. The Morgan fingerprint density at radius 3 is 2.50 bits per heavy atom. The van der Waals surface area contributed by atoms with Crippen molar-refractivity contribution in [1.82, 2.24) is 9.78 Å². The topological polar surface area (TPSA) is 60.9 Å². The summed E-state index contributed by atoms with van der Waals surface area (Å²) in [6.45, 7) is 1.83. The molecule has 0 aliphatic carbocycles. The lowest BCUT2D eigenvalue weighted by Gasteiger charge is -1.99. The predicted octanol–water partition coefficient (Wildman–Crippen LogP) is 1.49. The predicted molar refractivity (Wildman–Crippen MR) is 61.9 cm³/mol. The fourth-order valence-electron chi connectivity index (χ4n) is 1.70. The summed E-state index contributed by atoms with van der Waals surface area (Å²) >= 11 is 0. The molecule has 1 heterocycles. The standard InChI is InChI=1S/C12H13N3O/c1-8-10(12(13)16)11(14-15(8)2)9-6-4-3-5-7-9/h3-7H,1-2H3,(H2,13,16). The van der Waals surface area contributed by atoms with Gasteiger partial charge in [0.1, 0.15) is 5.69 Å². The first-order chi connectivity index (χ1) is 7.61. The van der Waals surface area contributed by atoms with E-state index in [1.54, 1.807) is 11.7 Å². The van der Waals surface area contributed by atoms with E-state index in [1.807, 2.05) is 37.3 Å². The lowest BCUT2D eigenvalue weighted by Crippen LogP contribution is -2.13. The number of aryl methyl sites for hydroxylation is 1. The number of hydrogen-bond acceptors (Lipinski definition) is 2. The molecule has 0 unspecified atom stereocenters. The van der Waals surface area contributed by atoms with E-state index in [0.29, 0.717) is 11.3 Å². The van der Waals surface area contributed by atoms with Crippen LogP contribution in [0.25, 0.3) is 11.3 Å². The average molecular weight is 215 g/mol. The summed E-state index contributed by atoms with van der Waals surface area (Å²) in [6, 6.07) is 9.56. The maximum absolute atomic E-state index is 11.4. The first kappa shape index (κ1) is 10.4. The third-order valence-electron chi connectivity index (χ3n) is 2.63. The van der Waals surface area contributed by atoms with Crippen LogP contribution >= 0.6 is 0 Å². The van der Waals surface area contributed by atoms with Gasteiger partial charge in [-0.25, -0.2) is 0 Å². The largest absolute Gasteiger partial charge is 0.365 e. The summed E-state index contributed by atoms with van der Waals surface area (Å²) in [7, 11) is 1.80. The highest BCUT2D eigenvalue weighted by molar-refractivity contribution is 6.00. The van der Waals surface area contributed by atoms with Crippen LogP contribution in [0.2, 0.25) is 0 Å². The van der Waals surface area contributed by atoms with Gasteiger partial charge in [0.25, 0.3) is 5.91 Å². The van der Waals surface area contributed by atoms with E-state index in [9.17, 15) is 4.79 Å². The number of rotatable bonds is 2. The first-order valence-corrected chi connectivity index (χ1v) is 5.00. The highest BCUT2D eigenvalue weighted by Gasteiger charge is 2.18. The molecule has 2 rings (SSSR count). The van der Waals surface area contributed by atoms with Crippen molar-refractivity contribution in [2.24, 2.45) is 12.8 Å². The molecule has 2 aromatic rings. The molecule has 1 aromatic carbocycles. The zero-order valence-corrected chi connectivity index (χ0v) is 9.27. The first-order valence-electron chi connectivity index (χ1n) is 5.00. The molecule has 1 amide bonds. The van der Waals surface area contributed by atoms with E-state index in [0.717, 1.165) is 11.3 Å². The number of primary amides is 1. The lowest BCUT2D eigenvalue weighted by atomic mass is 10.1. The highest BCUT2D eigenvalue weighted by Crippen LogP contribution is 2.23. The Hall–Kier alpha value is -2.10. The van der Waals surface area contributed by atoms with Crippen molar-refractivity contribution >= 4 is 5.91 Å². The van der Waals surface area contributed by atoms with Crippen molar-refractivity contribution in [2.75, 3.05) is 0 Å². The second-order valence-corrected chi connectivity index (χ2v) is 3.66. The second kappa shape index (κ2) is 3.81. The third-order valence-corrected chi connectivity index (χ3v) is 2.63. The Balaban J connectivity index is 2.66. The van der Waals surface area contributed by atoms with Crippen molar-refractivity contribution in [3.8, 4) is 11.3 Å². The number of nitrogens with two attached hydrogens (primary N) is 1. The van der Waals surface area contributed by atoms with Crippen molar-refractivity contribution in [2.45, 2.75) is 6.92 Å². The quantitative estimate of drug-likeness (QED) is 0.825. The van der Waals surface area contributed by atoms with Crippen LogP contribution < -0.4 is 5.73 Å². The van der Waals surface area contributed by atoms with Crippen molar-refractivity contribution in [3.05, 3.63) is 41.6 Å². The van der Waals surface area contributed by atoms with Crippen molar-refractivity contribution in [1.29, 1.82) is 0 Å². The van der Waals surface area contributed by atoms with Crippen LogP contribution in [0.4, 0.5) is 0 Å². The lowest BCUT2D eigenvalue weighted by molar-refractivity contribution is 0.1000. The minimum atomic E-state index is -0.440. The monoisotopic (exact) mass is 215 g/mol. The SMILES string of the molecule is Cc1c(C(N)=O)c(-c2ccccc2)nn1C. The molecule has 0 atom stereocenters. The van der Waals surface area contributed by atoms with Gasteiger partial charge in [-0.05, 0) is 6.92 Å². The Labute approximate surface area is 93.7 Å². The molecule has 1 aromatic heterocycles. The molecule has 0 aliphatic heterocycles. The van der Waals surface area contributed by atoms with Crippen LogP contribution in [0, 0.1) is 6.92 Å². The van der Waals surface area contributed by atoms with E-state index in [2.05, 4.69) is 5.10 Å². The number of benzene rings is 1. The zero-order valence-electron chi connectivity index (χ0n) is 9.27. The van der Waals surface area contributed by atoms with Gasteiger partial charge in [0.2, 0.25) is 0 Å². The van der Waals surface area contributed by atoms with Crippen LogP contribution in [0.3, 0.4) is 0 Å². The number of carbonyl (C=O) groups is 1. The number of nitrogens with zero attached hydrogens (tertiary/aromatic N) is 2. The minimum absolute atomic E-state index is 0.440. The van der Waals surface area contributed by atoms with Crippen LogP contribution in [-0.2, 0) is 7.05 Å². The summed E-state index contributed by atoms with van der Waals surface area (Å²) in [5, 5.41) is 4.32. The summed E-state index contributed by atoms with van der Waals surface area (Å²) in [5.74, 6) is -0.440. The van der Waals surface area contributed by atoms with Crippen molar-refractivity contribution in [3.63, 3.8) is 0 Å². The summed E-state index contributed by atoms with van der Waals surface area (Å²) in [6.07, 6.45) is 0. The molecule has 4 nitrogen and oxygen atoms in total. The van der Waals surface area contributed by atoms with Gasteiger partial charge in [-0.2, -0.15) is 5.10 Å². The van der Waals surface area contributed by atoms with Gasteiger partial charge in [-0.3, -0.25) is 9.48 Å². The molecule has 0 saturated carbocycles. The van der Waals surface area contributed by atoms with Gasteiger partial charge in [0.05, 0.1) is 5.56 Å². The maximum Gasteiger partial charge on any atom is 0.252 e. The van der Waals surface area contributed by atoms with Gasteiger partial charge in [-0.15, -0.1) is 0 Å². The van der Waals surface area contributed by atoms with E-state index in [1.165, 1.54) is 0 Å². The highest BCUT2D eigenvalue weighted by atomic mass is 16.1. The van der Waals surface area contributed by atoms with Gasteiger partial charge in [-0.1, -0.05) is 30.3 Å². The molecule has 16 heavy (non-hydrogen) atoms. The van der Waals surface area contributed by atoms with Crippen molar-refractivity contribution < 1.29 is 4.79 Å². The normalized spacial score (nSPS) is 10.4. The van der Waals surface area contributed by atoms with Gasteiger partial charge in [0, 0.05) is 18.3 Å². The Bertz CT molecular complexity index is 529. The fraction of sp³-hybridized carbons (Fsp3) is 0.167. The number of amides is 1. The van der Waals surface area contributed by atoms with E-state index >= 15 is 0 Å². The van der Waals surface area contributed by atoms with Gasteiger partial charge < -0.3 is 5.73 Å². The second-order valence-electron chi connectivity index (χ2n) is 3.66. The fourth-order valence-corrected chi connectivity index (χ4v) is 1.70. The van der Waals surface area contributed by atoms with Gasteiger partial charge >= 0.3 is 0 Å². The average Bonchev–Trinajstić information content (AvgIpc) is 2.57. The Morgan fingerprint density at radius 2 is 1.94 bits per heavy atom. The van der Waals surface area contributed by atoms with Crippen LogP contribution in [0.5, 0.6) is 0 Å². The molecule has 4 heteroatoms. The number of aromatic nitrogens is 2. The smallest absolute Gasteiger partial charge is 0.252 e. The molecule has 0 spiro atoms. The van der Waals surface area contributed by atoms with E-state index < -0.39 is 5.91 Å². The molecule has 0 fully saturated rings. The van der Waals surface area contributed by atoms with E-state index in [-0.39, 0.29) is 0 Å². The Kier molecular flexibility index (Phi) is 2.48. The molecule has 0 radical (unpaired) electrons. The third kappa shape index (κ3) is 1.58. The molecule has 2 N–H and O–H groups in total. The Morgan fingerprint density at radius 1 is 1.31 bits per heavy atom. The number of hydrogen-bond donors (Lipinski definition) is 1.